The Bertz CT molecular complexity index is 1100. The molecule has 0 fully saturated rings. The van der Waals surface area contributed by atoms with Gasteiger partial charge in [-0.1, -0.05) is 53.0 Å². The number of benzene rings is 2. The number of hydrogen-bond donors (Lipinski definition) is 1. The van der Waals surface area contributed by atoms with Crippen LogP contribution in [0.25, 0.3) is 11.1 Å². The number of carbonyl (C=O) groups is 2. The Balaban J connectivity index is 1.64. The molecule has 0 aliphatic carbocycles. The molecule has 168 valence electrons. The van der Waals surface area contributed by atoms with Gasteiger partial charge in [0.2, 0.25) is 5.91 Å². The number of anilines is 1. The van der Waals surface area contributed by atoms with E-state index >= 15 is 0 Å². The van der Waals surface area contributed by atoms with Crippen LogP contribution in [-0.4, -0.2) is 25.1 Å². The first-order valence-electron chi connectivity index (χ1n) is 10.1. The van der Waals surface area contributed by atoms with Crippen LogP contribution in [0.2, 0.25) is 10.0 Å². The van der Waals surface area contributed by atoms with Crippen molar-refractivity contribution in [1.29, 1.82) is 0 Å². The summed E-state index contributed by atoms with van der Waals surface area (Å²) in [7, 11) is 0. The average molecular weight is 492 g/mol. The summed E-state index contributed by atoms with van der Waals surface area (Å²) in [6.07, 6.45) is 0.709. The zero-order valence-corrected chi connectivity index (χ0v) is 20.1. The summed E-state index contributed by atoms with van der Waals surface area (Å²) in [5.74, 6) is -0.152. The fourth-order valence-electron chi connectivity index (χ4n) is 3.00. The monoisotopic (exact) mass is 491 g/mol. The van der Waals surface area contributed by atoms with Crippen molar-refractivity contribution in [3.8, 4) is 16.9 Å². The van der Waals surface area contributed by atoms with Gasteiger partial charge in [-0.2, -0.15) is 0 Å². The third-order valence-electron chi connectivity index (χ3n) is 4.59. The largest absolute Gasteiger partial charge is 0.492 e. The standard InChI is InChI=1S/C24H23Cl2NO4S/c1-3-30-24(29)22-18(16-8-6-15(2)7-9-16)14-32-23(22)27-21(28)5-4-12-31-20-11-10-17(25)13-19(20)26/h6-11,13-14H,3-5,12H2,1-2H3,(H,27,28). The first-order valence-corrected chi connectivity index (χ1v) is 11.8. The number of hydrogen-bond acceptors (Lipinski definition) is 5. The summed E-state index contributed by atoms with van der Waals surface area (Å²) in [6.45, 7) is 4.32. The maximum absolute atomic E-state index is 12.6. The van der Waals surface area contributed by atoms with Crippen LogP contribution < -0.4 is 10.1 Å². The van der Waals surface area contributed by atoms with Gasteiger partial charge in [0.05, 0.1) is 18.2 Å². The van der Waals surface area contributed by atoms with Crippen molar-refractivity contribution in [1.82, 2.24) is 0 Å². The predicted octanol–water partition coefficient (Wildman–Crippen LogP) is 7.00. The lowest BCUT2D eigenvalue weighted by atomic mass is 10.0. The molecule has 0 spiro atoms. The second kappa shape index (κ2) is 11.4. The van der Waals surface area contributed by atoms with E-state index in [2.05, 4.69) is 5.32 Å². The number of aryl methyl sites for hydroxylation is 1. The number of carbonyl (C=O) groups excluding carboxylic acids is 2. The lowest BCUT2D eigenvalue weighted by molar-refractivity contribution is -0.116. The van der Waals surface area contributed by atoms with E-state index in [-0.39, 0.29) is 18.9 Å². The third-order valence-corrected chi connectivity index (χ3v) is 6.01. The minimum atomic E-state index is -0.458. The summed E-state index contributed by atoms with van der Waals surface area (Å²) in [4.78, 5) is 25.1. The van der Waals surface area contributed by atoms with Crippen molar-refractivity contribution < 1.29 is 19.1 Å². The Morgan fingerprint density at radius 2 is 1.84 bits per heavy atom. The highest BCUT2D eigenvalue weighted by atomic mass is 35.5. The fraction of sp³-hybridized carbons (Fsp3) is 0.250. The number of rotatable bonds is 9. The lowest BCUT2D eigenvalue weighted by Crippen LogP contribution is -2.15. The van der Waals surface area contributed by atoms with Gasteiger partial charge in [-0.05, 0) is 44.0 Å². The zero-order chi connectivity index (χ0) is 23.1. The van der Waals surface area contributed by atoms with E-state index in [1.54, 1.807) is 25.1 Å². The van der Waals surface area contributed by atoms with Crippen molar-refractivity contribution in [3.05, 3.63) is 69.0 Å². The molecule has 1 heterocycles. The Morgan fingerprint density at radius 3 is 2.53 bits per heavy atom. The van der Waals surface area contributed by atoms with Crippen molar-refractivity contribution in [2.75, 3.05) is 18.5 Å². The molecule has 0 unspecified atom stereocenters. The molecule has 1 aromatic heterocycles. The van der Waals surface area contributed by atoms with E-state index in [0.29, 0.717) is 39.4 Å². The van der Waals surface area contributed by atoms with Gasteiger partial charge >= 0.3 is 5.97 Å². The molecule has 0 bridgehead atoms. The normalized spacial score (nSPS) is 10.6. The van der Waals surface area contributed by atoms with E-state index in [1.807, 2.05) is 36.6 Å². The summed E-state index contributed by atoms with van der Waals surface area (Å²) in [5.41, 5.74) is 3.13. The summed E-state index contributed by atoms with van der Waals surface area (Å²) < 4.78 is 10.9. The summed E-state index contributed by atoms with van der Waals surface area (Å²) in [5, 5.41) is 6.13. The third kappa shape index (κ3) is 6.25. The Morgan fingerprint density at radius 1 is 1.09 bits per heavy atom. The van der Waals surface area contributed by atoms with Gasteiger partial charge in [0.1, 0.15) is 16.3 Å². The number of amides is 1. The molecule has 2 aromatic carbocycles. The number of halogens is 2. The van der Waals surface area contributed by atoms with Crippen LogP contribution in [0, 0.1) is 6.92 Å². The quantitative estimate of drug-likeness (QED) is 0.258. The van der Waals surface area contributed by atoms with Crippen LogP contribution in [0.4, 0.5) is 5.00 Å². The Labute approximate surface area is 201 Å². The number of nitrogens with one attached hydrogen (secondary N) is 1. The molecule has 8 heteroatoms. The molecule has 0 aliphatic heterocycles. The van der Waals surface area contributed by atoms with Crippen LogP contribution in [0.3, 0.4) is 0 Å². The molecule has 3 rings (SSSR count). The summed E-state index contributed by atoms with van der Waals surface area (Å²) in [6, 6.07) is 12.8. The molecule has 1 N–H and O–H groups in total. The topological polar surface area (TPSA) is 64.6 Å². The molecule has 0 saturated heterocycles. The molecule has 5 nitrogen and oxygen atoms in total. The van der Waals surface area contributed by atoms with Gasteiger partial charge in [0.15, 0.2) is 0 Å². The molecule has 0 radical (unpaired) electrons. The van der Waals surface area contributed by atoms with Gasteiger partial charge in [-0.15, -0.1) is 11.3 Å². The molecular formula is C24H23Cl2NO4S. The van der Waals surface area contributed by atoms with E-state index in [4.69, 9.17) is 32.7 Å². The molecular weight excluding hydrogens is 469 g/mol. The maximum atomic E-state index is 12.6. The highest BCUT2D eigenvalue weighted by molar-refractivity contribution is 7.15. The molecule has 32 heavy (non-hydrogen) atoms. The number of ether oxygens (including phenoxy) is 2. The number of thiophene rings is 1. The smallest absolute Gasteiger partial charge is 0.341 e. The van der Waals surface area contributed by atoms with Crippen molar-refractivity contribution in [2.24, 2.45) is 0 Å². The highest BCUT2D eigenvalue weighted by Gasteiger charge is 2.22. The highest BCUT2D eigenvalue weighted by Crippen LogP contribution is 2.36. The van der Waals surface area contributed by atoms with Crippen molar-refractivity contribution >= 4 is 51.4 Å². The van der Waals surface area contributed by atoms with Crippen LogP contribution >= 0.6 is 34.5 Å². The van der Waals surface area contributed by atoms with Gasteiger partial charge in [0, 0.05) is 22.4 Å². The minimum Gasteiger partial charge on any atom is -0.492 e. The molecule has 0 saturated carbocycles. The van der Waals surface area contributed by atoms with E-state index in [1.165, 1.54) is 11.3 Å². The van der Waals surface area contributed by atoms with E-state index in [9.17, 15) is 9.59 Å². The Kier molecular flexibility index (Phi) is 8.56. The molecule has 1 amide bonds. The van der Waals surface area contributed by atoms with Crippen molar-refractivity contribution in [3.63, 3.8) is 0 Å². The predicted molar refractivity (Wildman–Crippen MR) is 130 cm³/mol. The van der Waals surface area contributed by atoms with E-state index in [0.717, 1.165) is 16.7 Å². The van der Waals surface area contributed by atoms with Crippen molar-refractivity contribution in [2.45, 2.75) is 26.7 Å². The molecule has 3 aromatic rings. The number of esters is 1. The van der Waals surface area contributed by atoms with Crippen LogP contribution in [-0.2, 0) is 9.53 Å². The second-order valence-corrected chi connectivity index (χ2v) is 8.74. The van der Waals surface area contributed by atoms with Gasteiger partial charge < -0.3 is 14.8 Å². The first kappa shape index (κ1) is 24.1. The van der Waals surface area contributed by atoms with Crippen LogP contribution in [0.1, 0.15) is 35.7 Å². The molecule has 0 atom stereocenters. The fourth-order valence-corrected chi connectivity index (χ4v) is 4.43. The maximum Gasteiger partial charge on any atom is 0.341 e. The van der Waals surface area contributed by atoms with Gasteiger partial charge in [0.25, 0.3) is 0 Å². The summed E-state index contributed by atoms with van der Waals surface area (Å²) >= 11 is 13.3. The first-order chi connectivity index (χ1) is 15.4. The lowest BCUT2D eigenvalue weighted by Gasteiger charge is -2.10. The van der Waals surface area contributed by atoms with Crippen LogP contribution in [0.5, 0.6) is 5.75 Å². The van der Waals surface area contributed by atoms with E-state index < -0.39 is 5.97 Å². The SMILES string of the molecule is CCOC(=O)c1c(-c2ccc(C)cc2)csc1NC(=O)CCCOc1ccc(Cl)cc1Cl. The van der Waals surface area contributed by atoms with Crippen LogP contribution in [0.15, 0.2) is 47.8 Å². The zero-order valence-electron chi connectivity index (χ0n) is 17.7. The van der Waals surface area contributed by atoms with Gasteiger partial charge in [-0.25, -0.2) is 4.79 Å². The average Bonchev–Trinajstić information content (AvgIpc) is 3.16. The Hall–Kier alpha value is -2.54. The second-order valence-electron chi connectivity index (χ2n) is 7.01. The minimum absolute atomic E-state index is 0.210. The molecule has 0 aliphatic rings. The van der Waals surface area contributed by atoms with Gasteiger partial charge in [-0.3, -0.25) is 4.79 Å².